The highest BCUT2D eigenvalue weighted by Crippen LogP contribution is 2.08. The third kappa shape index (κ3) is 6.33. The molecule has 0 bridgehead atoms. The summed E-state index contributed by atoms with van der Waals surface area (Å²) in [6.45, 7) is 4.09. The second-order valence-corrected chi connectivity index (χ2v) is 2.92. The first-order valence-corrected chi connectivity index (χ1v) is 3.52. The van der Waals surface area contributed by atoms with E-state index in [1.54, 1.807) is 0 Å². The van der Waals surface area contributed by atoms with Gasteiger partial charge in [-0.2, -0.15) is 0 Å². The van der Waals surface area contributed by atoms with Crippen molar-refractivity contribution in [3.63, 3.8) is 0 Å². The number of aliphatic hydroxyl groups excluding tert-OH is 1. The molecule has 0 amide bonds. The van der Waals surface area contributed by atoms with Crippen molar-refractivity contribution in [2.75, 3.05) is 6.61 Å². The molecule has 10 heavy (non-hydrogen) atoms. The van der Waals surface area contributed by atoms with Crippen LogP contribution in [0.4, 0.5) is 0 Å². The van der Waals surface area contributed by atoms with Gasteiger partial charge < -0.3 is 10.8 Å². The quantitative estimate of drug-likeness (QED) is 0.664. The van der Waals surface area contributed by atoms with Gasteiger partial charge >= 0.3 is 0 Å². The topological polar surface area (TPSA) is 46.2 Å². The molecule has 64 valence electrons. The van der Waals surface area contributed by atoms with Crippen molar-refractivity contribution in [1.82, 2.24) is 0 Å². The fourth-order valence-electron chi connectivity index (χ4n) is 0.660. The maximum absolute atomic E-state index is 8.70. The molecule has 0 saturated carbocycles. The van der Waals surface area contributed by atoms with E-state index in [4.69, 9.17) is 10.8 Å². The van der Waals surface area contributed by atoms with Gasteiger partial charge in [-0.15, -0.1) is 12.4 Å². The summed E-state index contributed by atoms with van der Waals surface area (Å²) in [4.78, 5) is 0. The molecule has 0 aliphatic heterocycles. The van der Waals surface area contributed by atoms with Gasteiger partial charge in [0.2, 0.25) is 0 Å². The lowest BCUT2D eigenvalue weighted by Crippen LogP contribution is -2.39. The first-order chi connectivity index (χ1) is 4.12. The summed E-state index contributed by atoms with van der Waals surface area (Å²) in [5.74, 6) is 0. The Labute approximate surface area is 69.2 Å². The Hall–Kier alpha value is 0.210. The minimum absolute atomic E-state index is 0. The maximum atomic E-state index is 8.70. The summed E-state index contributed by atoms with van der Waals surface area (Å²) in [5.41, 5.74) is 5.30. The predicted molar refractivity (Wildman–Crippen MR) is 46.5 cm³/mol. The van der Waals surface area contributed by atoms with E-state index >= 15 is 0 Å². The Morgan fingerprint density at radius 2 is 2.00 bits per heavy atom. The molecule has 0 aromatic rings. The minimum Gasteiger partial charge on any atom is -0.394 e. The van der Waals surface area contributed by atoms with Gasteiger partial charge in [0, 0.05) is 5.54 Å². The average Bonchev–Trinajstić information content (AvgIpc) is 1.84. The summed E-state index contributed by atoms with van der Waals surface area (Å²) >= 11 is 0. The number of halogens is 1. The molecule has 0 radical (unpaired) electrons. The molecule has 1 atom stereocenters. The van der Waals surface area contributed by atoms with Gasteiger partial charge in [-0.3, -0.25) is 0 Å². The van der Waals surface area contributed by atoms with Crippen LogP contribution in [0.25, 0.3) is 0 Å². The molecule has 0 aromatic carbocycles. The average molecular weight is 168 g/mol. The van der Waals surface area contributed by atoms with Gasteiger partial charge in [0.1, 0.15) is 0 Å². The smallest absolute Gasteiger partial charge is 0.0608 e. The van der Waals surface area contributed by atoms with E-state index in [1.807, 2.05) is 6.92 Å². The third-order valence-corrected chi connectivity index (χ3v) is 1.46. The Balaban J connectivity index is 0. The van der Waals surface area contributed by atoms with Crippen LogP contribution in [-0.2, 0) is 0 Å². The van der Waals surface area contributed by atoms with Crippen LogP contribution in [0.3, 0.4) is 0 Å². The number of hydrogen-bond donors (Lipinski definition) is 2. The lowest BCUT2D eigenvalue weighted by Gasteiger charge is -2.20. The molecule has 0 rings (SSSR count). The number of nitrogens with two attached hydrogens (primary N) is 1. The van der Waals surface area contributed by atoms with Gasteiger partial charge in [-0.1, -0.05) is 19.8 Å². The van der Waals surface area contributed by atoms with Gasteiger partial charge in [0.25, 0.3) is 0 Å². The van der Waals surface area contributed by atoms with Crippen LogP contribution in [-0.4, -0.2) is 17.3 Å². The number of unbranched alkanes of at least 4 members (excludes halogenated alkanes) is 1. The molecule has 0 spiro atoms. The van der Waals surface area contributed by atoms with Crippen LogP contribution in [0.1, 0.15) is 33.1 Å². The van der Waals surface area contributed by atoms with Crippen molar-refractivity contribution in [2.45, 2.75) is 38.6 Å². The molecular formula is C7H18ClNO. The molecule has 0 saturated heterocycles. The SMILES string of the molecule is CCCCC(C)(N)CO.Cl. The van der Waals surface area contributed by atoms with E-state index in [0.717, 1.165) is 19.3 Å². The van der Waals surface area contributed by atoms with E-state index in [1.165, 1.54) is 0 Å². The number of hydrogen-bond acceptors (Lipinski definition) is 2. The van der Waals surface area contributed by atoms with E-state index in [9.17, 15) is 0 Å². The van der Waals surface area contributed by atoms with E-state index < -0.39 is 0 Å². The highest BCUT2D eigenvalue weighted by atomic mass is 35.5. The molecule has 0 aliphatic carbocycles. The minimum atomic E-state index is -0.351. The lowest BCUT2D eigenvalue weighted by atomic mass is 9.98. The van der Waals surface area contributed by atoms with Crippen molar-refractivity contribution >= 4 is 12.4 Å². The molecule has 1 unspecified atom stereocenters. The molecule has 3 N–H and O–H groups in total. The number of aliphatic hydroxyl groups is 1. The van der Waals surface area contributed by atoms with E-state index in [0.29, 0.717) is 0 Å². The van der Waals surface area contributed by atoms with Crippen molar-refractivity contribution in [3.8, 4) is 0 Å². The third-order valence-electron chi connectivity index (χ3n) is 1.46. The molecular weight excluding hydrogens is 150 g/mol. The van der Waals surface area contributed by atoms with Crippen LogP contribution in [0.2, 0.25) is 0 Å². The zero-order chi connectivity index (χ0) is 7.33. The summed E-state index contributed by atoms with van der Waals surface area (Å²) in [7, 11) is 0. The van der Waals surface area contributed by atoms with Crippen molar-refractivity contribution < 1.29 is 5.11 Å². The Morgan fingerprint density at radius 3 is 2.30 bits per heavy atom. The van der Waals surface area contributed by atoms with E-state index in [2.05, 4.69) is 6.92 Å². The zero-order valence-electron chi connectivity index (χ0n) is 6.76. The fraction of sp³-hybridized carbons (Fsp3) is 1.00. The maximum Gasteiger partial charge on any atom is 0.0608 e. The monoisotopic (exact) mass is 167 g/mol. The highest BCUT2D eigenvalue weighted by molar-refractivity contribution is 5.85. The van der Waals surface area contributed by atoms with Gasteiger partial charge in [0.05, 0.1) is 6.61 Å². The molecule has 0 fully saturated rings. The molecule has 2 nitrogen and oxygen atoms in total. The fourth-order valence-corrected chi connectivity index (χ4v) is 0.660. The van der Waals surface area contributed by atoms with Gasteiger partial charge in [-0.25, -0.2) is 0 Å². The largest absolute Gasteiger partial charge is 0.394 e. The molecule has 0 aliphatic rings. The zero-order valence-corrected chi connectivity index (χ0v) is 7.58. The van der Waals surface area contributed by atoms with Crippen molar-refractivity contribution in [3.05, 3.63) is 0 Å². The first-order valence-electron chi connectivity index (χ1n) is 3.52. The van der Waals surface area contributed by atoms with Crippen LogP contribution in [0.5, 0.6) is 0 Å². The van der Waals surface area contributed by atoms with Crippen LogP contribution < -0.4 is 5.73 Å². The molecule has 3 heteroatoms. The van der Waals surface area contributed by atoms with Crippen molar-refractivity contribution in [2.24, 2.45) is 5.73 Å². The molecule has 0 aromatic heterocycles. The van der Waals surface area contributed by atoms with Crippen LogP contribution in [0.15, 0.2) is 0 Å². The van der Waals surface area contributed by atoms with Crippen molar-refractivity contribution in [1.29, 1.82) is 0 Å². The molecule has 0 heterocycles. The summed E-state index contributed by atoms with van der Waals surface area (Å²) < 4.78 is 0. The first kappa shape index (κ1) is 12.8. The lowest BCUT2D eigenvalue weighted by molar-refractivity contribution is 0.198. The normalized spacial score (nSPS) is 15.6. The predicted octanol–water partition coefficient (Wildman–Crippen LogP) is 1.31. The standard InChI is InChI=1S/C7H17NO.ClH/c1-3-4-5-7(2,8)6-9;/h9H,3-6,8H2,1-2H3;1H. The summed E-state index contributed by atoms with van der Waals surface area (Å²) in [6, 6.07) is 0. The Bertz CT molecular complexity index is 76.0. The second kappa shape index (κ2) is 5.96. The number of rotatable bonds is 4. The summed E-state index contributed by atoms with van der Waals surface area (Å²) in [5, 5.41) is 8.70. The van der Waals surface area contributed by atoms with Gasteiger partial charge in [0.15, 0.2) is 0 Å². The second-order valence-electron chi connectivity index (χ2n) is 2.92. The van der Waals surface area contributed by atoms with E-state index in [-0.39, 0.29) is 24.6 Å². The Kier molecular flexibility index (Phi) is 7.65. The van der Waals surface area contributed by atoms with Crippen LogP contribution >= 0.6 is 12.4 Å². The Morgan fingerprint density at radius 1 is 1.50 bits per heavy atom. The highest BCUT2D eigenvalue weighted by Gasteiger charge is 2.14. The van der Waals surface area contributed by atoms with Gasteiger partial charge in [-0.05, 0) is 13.3 Å². The summed E-state index contributed by atoms with van der Waals surface area (Å²) in [6.07, 6.45) is 3.17. The van der Waals surface area contributed by atoms with Crippen LogP contribution in [0, 0.1) is 0 Å².